The molecule has 0 unspecified atom stereocenters. The normalized spacial score (nSPS) is 10.6. The zero-order chi connectivity index (χ0) is 9.26. The van der Waals surface area contributed by atoms with Crippen LogP contribution < -0.4 is 0 Å². The molecule has 4 heteroatoms. The smallest absolute Gasteiger partial charge is 0.105 e. The zero-order valence-electron chi connectivity index (χ0n) is 7.78. The molecule has 0 amide bonds. The molecule has 0 saturated heterocycles. The summed E-state index contributed by atoms with van der Waals surface area (Å²) in [4.78, 5) is 11.5. The lowest BCUT2D eigenvalue weighted by Gasteiger charge is -2.00. The maximum atomic E-state index is 4.32. The SMILES string of the molecule is Cc1nc(Cn2ccnc2C)c[nH]1. The number of H-pyrrole nitrogens is 1. The van der Waals surface area contributed by atoms with Gasteiger partial charge < -0.3 is 9.55 Å². The highest BCUT2D eigenvalue weighted by atomic mass is 15.1. The minimum atomic E-state index is 0.788. The fourth-order valence-corrected chi connectivity index (χ4v) is 1.29. The molecule has 0 spiro atoms. The summed E-state index contributed by atoms with van der Waals surface area (Å²) < 4.78 is 2.07. The van der Waals surface area contributed by atoms with E-state index >= 15 is 0 Å². The summed E-state index contributed by atoms with van der Waals surface area (Å²) in [5.41, 5.74) is 1.04. The summed E-state index contributed by atoms with van der Waals surface area (Å²) in [6.45, 7) is 4.72. The molecule has 0 aliphatic carbocycles. The second-order valence-electron chi connectivity index (χ2n) is 3.08. The Hall–Kier alpha value is -1.58. The molecule has 0 aromatic carbocycles. The summed E-state index contributed by atoms with van der Waals surface area (Å²) >= 11 is 0. The van der Waals surface area contributed by atoms with Gasteiger partial charge in [0, 0.05) is 18.6 Å². The lowest BCUT2D eigenvalue weighted by molar-refractivity contribution is 0.745. The average molecular weight is 176 g/mol. The van der Waals surface area contributed by atoms with Gasteiger partial charge in [0.05, 0.1) is 12.2 Å². The first-order valence-corrected chi connectivity index (χ1v) is 4.24. The van der Waals surface area contributed by atoms with E-state index in [0.717, 1.165) is 23.9 Å². The Bertz CT molecular complexity index is 399. The Morgan fingerprint density at radius 1 is 1.46 bits per heavy atom. The molecule has 0 bridgehead atoms. The third-order valence-electron chi connectivity index (χ3n) is 2.01. The number of aryl methyl sites for hydroxylation is 2. The van der Waals surface area contributed by atoms with Crippen LogP contribution >= 0.6 is 0 Å². The Balaban J connectivity index is 2.19. The van der Waals surface area contributed by atoms with E-state index < -0.39 is 0 Å². The van der Waals surface area contributed by atoms with Gasteiger partial charge in [-0.3, -0.25) is 0 Å². The minimum absolute atomic E-state index is 0.788. The van der Waals surface area contributed by atoms with Crippen molar-refractivity contribution < 1.29 is 0 Å². The Kier molecular flexibility index (Phi) is 1.88. The van der Waals surface area contributed by atoms with Crippen LogP contribution in [0.15, 0.2) is 18.6 Å². The standard InChI is InChI=1S/C9H12N4/c1-7-11-5-9(12-7)6-13-4-3-10-8(13)2/h3-5H,6H2,1-2H3,(H,11,12). The summed E-state index contributed by atoms with van der Waals surface area (Å²) in [5.74, 6) is 1.97. The van der Waals surface area contributed by atoms with Crippen molar-refractivity contribution in [3.05, 3.63) is 35.9 Å². The van der Waals surface area contributed by atoms with Gasteiger partial charge in [-0.25, -0.2) is 9.97 Å². The van der Waals surface area contributed by atoms with Crippen LogP contribution in [0.2, 0.25) is 0 Å². The lowest BCUT2D eigenvalue weighted by Crippen LogP contribution is -2.00. The summed E-state index contributed by atoms with van der Waals surface area (Å²) in [6.07, 6.45) is 5.68. The van der Waals surface area contributed by atoms with Crippen molar-refractivity contribution in [3.63, 3.8) is 0 Å². The largest absolute Gasteiger partial charge is 0.348 e. The van der Waals surface area contributed by atoms with Crippen molar-refractivity contribution in [2.45, 2.75) is 20.4 Å². The van der Waals surface area contributed by atoms with Crippen molar-refractivity contribution >= 4 is 0 Å². The molecule has 2 aromatic heterocycles. The van der Waals surface area contributed by atoms with Gasteiger partial charge >= 0.3 is 0 Å². The molecule has 1 N–H and O–H groups in total. The molecule has 13 heavy (non-hydrogen) atoms. The highest BCUT2D eigenvalue weighted by molar-refractivity contribution is 5.02. The van der Waals surface area contributed by atoms with Crippen LogP contribution in [0.4, 0.5) is 0 Å². The van der Waals surface area contributed by atoms with E-state index in [9.17, 15) is 0 Å². The molecular formula is C9H12N4. The fraction of sp³-hybridized carbons (Fsp3) is 0.333. The second kappa shape index (κ2) is 3.05. The van der Waals surface area contributed by atoms with Gasteiger partial charge in [0.1, 0.15) is 11.6 Å². The average Bonchev–Trinajstić information content (AvgIpc) is 2.64. The number of hydrogen-bond donors (Lipinski definition) is 1. The van der Waals surface area contributed by atoms with E-state index in [0.29, 0.717) is 0 Å². The maximum Gasteiger partial charge on any atom is 0.105 e. The summed E-state index contributed by atoms with van der Waals surface area (Å²) in [6, 6.07) is 0. The first-order chi connectivity index (χ1) is 6.25. The highest BCUT2D eigenvalue weighted by Crippen LogP contribution is 2.02. The molecular weight excluding hydrogens is 164 g/mol. The van der Waals surface area contributed by atoms with E-state index in [4.69, 9.17) is 0 Å². The van der Waals surface area contributed by atoms with Gasteiger partial charge in [-0.15, -0.1) is 0 Å². The van der Waals surface area contributed by atoms with Gasteiger partial charge in [0.15, 0.2) is 0 Å². The number of hydrogen-bond acceptors (Lipinski definition) is 2. The van der Waals surface area contributed by atoms with Crippen molar-refractivity contribution in [2.75, 3.05) is 0 Å². The predicted octanol–water partition coefficient (Wildman–Crippen LogP) is 1.27. The van der Waals surface area contributed by atoms with Crippen LogP contribution in [0.5, 0.6) is 0 Å². The van der Waals surface area contributed by atoms with Crippen LogP contribution in [0, 0.1) is 13.8 Å². The first kappa shape index (κ1) is 8.04. The predicted molar refractivity (Wildman–Crippen MR) is 49.4 cm³/mol. The van der Waals surface area contributed by atoms with Crippen molar-refractivity contribution in [2.24, 2.45) is 0 Å². The van der Waals surface area contributed by atoms with Crippen LogP contribution in [-0.4, -0.2) is 19.5 Å². The molecule has 0 aliphatic rings. The van der Waals surface area contributed by atoms with E-state index in [1.54, 1.807) is 6.20 Å². The monoisotopic (exact) mass is 176 g/mol. The van der Waals surface area contributed by atoms with Gasteiger partial charge in [-0.1, -0.05) is 0 Å². The first-order valence-electron chi connectivity index (χ1n) is 4.24. The third-order valence-corrected chi connectivity index (χ3v) is 2.01. The summed E-state index contributed by atoms with van der Waals surface area (Å²) in [7, 11) is 0. The summed E-state index contributed by atoms with van der Waals surface area (Å²) in [5, 5.41) is 0. The Labute approximate surface area is 76.7 Å². The topological polar surface area (TPSA) is 46.5 Å². The zero-order valence-corrected chi connectivity index (χ0v) is 7.78. The number of aromatic nitrogens is 4. The van der Waals surface area contributed by atoms with Gasteiger partial charge in [0.2, 0.25) is 0 Å². The molecule has 2 rings (SSSR count). The lowest BCUT2D eigenvalue weighted by atomic mass is 10.4. The van der Waals surface area contributed by atoms with Crippen molar-refractivity contribution in [1.29, 1.82) is 0 Å². The molecule has 0 saturated carbocycles. The third kappa shape index (κ3) is 1.61. The molecule has 0 aliphatic heterocycles. The number of nitrogens with zero attached hydrogens (tertiary/aromatic N) is 3. The molecule has 68 valence electrons. The Morgan fingerprint density at radius 3 is 2.85 bits per heavy atom. The quantitative estimate of drug-likeness (QED) is 0.749. The van der Waals surface area contributed by atoms with Crippen LogP contribution in [0.1, 0.15) is 17.3 Å². The molecule has 0 radical (unpaired) electrons. The number of rotatable bonds is 2. The Morgan fingerprint density at radius 2 is 2.31 bits per heavy atom. The maximum absolute atomic E-state index is 4.32. The minimum Gasteiger partial charge on any atom is -0.348 e. The van der Waals surface area contributed by atoms with Crippen LogP contribution in [0.3, 0.4) is 0 Å². The van der Waals surface area contributed by atoms with Crippen LogP contribution in [0.25, 0.3) is 0 Å². The second-order valence-corrected chi connectivity index (χ2v) is 3.08. The number of aromatic amines is 1. The number of imidazole rings is 2. The molecule has 0 atom stereocenters. The number of nitrogens with one attached hydrogen (secondary N) is 1. The van der Waals surface area contributed by atoms with E-state index in [2.05, 4.69) is 19.5 Å². The molecule has 0 fully saturated rings. The van der Waals surface area contributed by atoms with Gasteiger partial charge in [-0.05, 0) is 13.8 Å². The van der Waals surface area contributed by atoms with E-state index in [1.165, 1.54) is 0 Å². The van der Waals surface area contributed by atoms with Crippen molar-refractivity contribution in [1.82, 2.24) is 19.5 Å². The van der Waals surface area contributed by atoms with Crippen LogP contribution in [-0.2, 0) is 6.54 Å². The van der Waals surface area contributed by atoms with Gasteiger partial charge in [-0.2, -0.15) is 0 Å². The molecule has 4 nitrogen and oxygen atoms in total. The molecule has 2 heterocycles. The van der Waals surface area contributed by atoms with E-state index in [1.807, 2.05) is 26.2 Å². The van der Waals surface area contributed by atoms with Gasteiger partial charge in [0.25, 0.3) is 0 Å². The molecule has 2 aromatic rings. The fourth-order valence-electron chi connectivity index (χ4n) is 1.29. The van der Waals surface area contributed by atoms with Crippen molar-refractivity contribution in [3.8, 4) is 0 Å². The highest BCUT2D eigenvalue weighted by Gasteiger charge is 2.00. The van der Waals surface area contributed by atoms with E-state index in [-0.39, 0.29) is 0 Å².